The molecule has 124 valence electrons. The van der Waals surface area contributed by atoms with Crippen molar-refractivity contribution in [3.05, 3.63) is 48.0 Å². The van der Waals surface area contributed by atoms with Gasteiger partial charge in [-0.3, -0.25) is 9.59 Å². The fourth-order valence-electron chi connectivity index (χ4n) is 3.78. The van der Waals surface area contributed by atoms with Crippen molar-refractivity contribution in [3.8, 4) is 0 Å². The number of likely N-dealkylation sites (tertiary alicyclic amines) is 1. The molecule has 0 aliphatic carbocycles. The molecule has 24 heavy (non-hydrogen) atoms. The van der Waals surface area contributed by atoms with Crippen LogP contribution in [-0.4, -0.2) is 46.3 Å². The van der Waals surface area contributed by atoms with Crippen molar-refractivity contribution >= 4 is 17.5 Å². The van der Waals surface area contributed by atoms with E-state index in [0.29, 0.717) is 31.7 Å². The first-order valence-corrected chi connectivity index (χ1v) is 8.21. The van der Waals surface area contributed by atoms with Crippen LogP contribution < -0.4 is 4.90 Å². The van der Waals surface area contributed by atoms with Crippen LogP contribution >= 0.6 is 0 Å². The Hall–Kier alpha value is -2.63. The highest BCUT2D eigenvalue weighted by molar-refractivity contribution is 5.97. The lowest BCUT2D eigenvalue weighted by atomic mass is 9.86. The molecular formula is C18H20N4O2. The van der Waals surface area contributed by atoms with E-state index in [4.69, 9.17) is 0 Å². The number of aryl methyl sites for hydroxylation is 1. The molecule has 0 radical (unpaired) electrons. The van der Waals surface area contributed by atoms with Gasteiger partial charge < -0.3 is 14.8 Å². The first kappa shape index (κ1) is 14.9. The number of carbonyl (C=O) groups excluding carboxylic acids is 2. The zero-order chi connectivity index (χ0) is 16.7. The third-order valence-corrected chi connectivity index (χ3v) is 5.12. The molecule has 0 bridgehead atoms. The van der Waals surface area contributed by atoms with Crippen LogP contribution in [-0.2, 0) is 4.79 Å². The highest BCUT2D eigenvalue weighted by atomic mass is 16.2. The Balaban J connectivity index is 1.50. The minimum atomic E-state index is -0.127. The zero-order valence-electron chi connectivity index (χ0n) is 13.7. The molecule has 6 nitrogen and oxygen atoms in total. The molecule has 2 aliphatic heterocycles. The molecular weight excluding hydrogens is 304 g/mol. The van der Waals surface area contributed by atoms with Crippen molar-refractivity contribution in [2.45, 2.75) is 19.8 Å². The van der Waals surface area contributed by atoms with Crippen molar-refractivity contribution in [2.24, 2.45) is 5.41 Å². The number of anilines is 1. The van der Waals surface area contributed by atoms with Crippen molar-refractivity contribution in [3.63, 3.8) is 0 Å². The third kappa shape index (κ3) is 2.48. The van der Waals surface area contributed by atoms with Gasteiger partial charge in [-0.15, -0.1) is 0 Å². The number of benzene rings is 1. The summed E-state index contributed by atoms with van der Waals surface area (Å²) in [6.45, 7) is 4.03. The first-order chi connectivity index (χ1) is 11.6. The average molecular weight is 324 g/mol. The second kappa shape index (κ2) is 5.47. The molecule has 1 unspecified atom stereocenters. The molecule has 0 saturated carbocycles. The SMILES string of the molecule is Cc1ccc(N2CC3(CCN(C(=O)c4cnc[nH]4)C3)CC2=O)cc1. The summed E-state index contributed by atoms with van der Waals surface area (Å²) < 4.78 is 0. The molecule has 1 spiro atoms. The van der Waals surface area contributed by atoms with Crippen LogP contribution in [0, 0.1) is 12.3 Å². The minimum Gasteiger partial charge on any atom is -0.341 e. The van der Waals surface area contributed by atoms with E-state index in [1.54, 1.807) is 6.20 Å². The molecule has 1 aromatic heterocycles. The highest BCUT2D eigenvalue weighted by Crippen LogP contribution is 2.42. The summed E-state index contributed by atoms with van der Waals surface area (Å²) in [7, 11) is 0. The zero-order valence-corrected chi connectivity index (χ0v) is 13.7. The number of aromatic nitrogens is 2. The number of amides is 2. The number of imidazole rings is 1. The standard InChI is InChI=1S/C18H20N4O2/c1-13-2-4-14(5-3-13)22-11-18(8-16(22)23)6-7-21(10-18)17(24)15-9-19-12-20-15/h2-5,9,12H,6-8,10-11H2,1H3,(H,19,20). The van der Waals surface area contributed by atoms with E-state index < -0.39 is 0 Å². The van der Waals surface area contributed by atoms with Crippen LogP contribution in [0.25, 0.3) is 0 Å². The fraction of sp³-hybridized carbons (Fsp3) is 0.389. The van der Waals surface area contributed by atoms with Crippen LogP contribution in [0.3, 0.4) is 0 Å². The van der Waals surface area contributed by atoms with Gasteiger partial charge >= 0.3 is 0 Å². The lowest BCUT2D eigenvalue weighted by Crippen LogP contribution is -2.34. The van der Waals surface area contributed by atoms with E-state index in [1.807, 2.05) is 41.0 Å². The van der Waals surface area contributed by atoms with Crippen LogP contribution in [0.15, 0.2) is 36.8 Å². The van der Waals surface area contributed by atoms with E-state index in [2.05, 4.69) is 9.97 Å². The lowest BCUT2D eigenvalue weighted by Gasteiger charge is -2.24. The minimum absolute atomic E-state index is 0.0365. The summed E-state index contributed by atoms with van der Waals surface area (Å²) in [5.41, 5.74) is 2.50. The Kier molecular flexibility index (Phi) is 3.40. The smallest absolute Gasteiger partial charge is 0.271 e. The number of aromatic amines is 1. The maximum absolute atomic E-state index is 12.5. The van der Waals surface area contributed by atoms with Crippen molar-refractivity contribution in [2.75, 3.05) is 24.5 Å². The molecule has 2 aliphatic rings. The Morgan fingerprint density at radius 3 is 2.75 bits per heavy atom. The Bertz CT molecular complexity index is 769. The van der Waals surface area contributed by atoms with E-state index in [9.17, 15) is 9.59 Å². The molecule has 2 aromatic rings. The highest BCUT2D eigenvalue weighted by Gasteiger charge is 2.48. The van der Waals surface area contributed by atoms with Gasteiger partial charge in [0.1, 0.15) is 5.69 Å². The van der Waals surface area contributed by atoms with Crippen LogP contribution in [0.2, 0.25) is 0 Å². The second-order valence-electron chi connectivity index (χ2n) is 6.93. The molecule has 6 heteroatoms. The lowest BCUT2D eigenvalue weighted by molar-refractivity contribution is -0.117. The summed E-state index contributed by atoms with van der Waals surface area (Å²) in [6, 6.07) is 8.04. The molecule has 4 rings (SSSR count). The van der Waals surface area contributed by atoms with Gasteiger partial charge in [0, 0.05) is 37.2 Å². The van der Waals surface area contributed by atoms with Crippen molar-refractivity contribution in [1.82, 2.24) is 14.9 Å². The van der Waals surface area contributed by atoms with Crippen LogP contribution in [0.1, 0.15) is 28.9 Å². The van der Waals surface area contributed by atoms with E-state index in [1.165, 1.54) is 11.9 Å². The molecule has 2 fully saturated rings. The molecule has 2 saturated heterocycles. The molecule has 1 atom stereocenters. The summed E-state index contributed by atoms with van der Waals surface area (Å²) in [6.07, 6.45) is 4.43. The Labute approximate surface area is 140 Å². The largest absolute Gasteiger partial charge is 0.341 e. The summed E-state index contributed by atoms with van der Waals surface area (Å²) in [5.74, 6) is 0.111. The molecule has 2 amide bonds. The van der Waals surface area contributed by atoms with Gasteiger partial charge in [0.05, 0.1) is 12.5 Å². The van der Waals surface area contributed by atoms with Crippen LogP contribution in [0.5, 0.6) is 0 Å². The number of nitrogens with zero attached hydrogens (tertiary/aromatic N) is 3. The second-order valence-corrected chi connectivity index (χ2v) is 6.93. The van der Waals surface area contributed by atoms with Gasteiger partial charge in [-0.2, -0.15) is 0 Å². The number of hydrogen-bond acceptors (Lipinski definition) is 3. The van der Waals surface area contributed by atoms with Gasteiger partial charge in [-0.05, 0) is 25.5 Å². The van der Waals surface area contributed by atoms with Crippen molar-refractivity contribution in [1.29, 1.82) is 0 Å². The first-order valence-electron chi connectivity index (χ1n) is 8.21. The normalized spacial score (nSPS) is 23.5. The summed E-state index contributed by atoms with van der Waals surface area (Å²) in [5, 5.41) is 0. The number of carbonyl (C=O) groups is 2. The van der Waals surface area contributed by atoms with Gasteiger partial charge in [0.15, 0.2) is 0 Å². The topological polar surface area (TPSA) is 69.3 Å². The third-order valence-electron chi connectivity index (χ3n) is 5.12. The molecule has 1 aromatic carbocycles. The number of nitrogens with one attached hydrogen (secondary N) is 1. The Morgan fingerprint density at radius 1 is 1.25 bits per heavy atom. The van der Waals surface area contributed by atoms with Gasteiger partial charge in [-0.1, -0.05) is 17.7 Å². The van der Waals surface area contributed by atoms with Gasteiger partial charge in [0.2, 0.25) is 5.91 Å². The van der Waals surface area contributed by atoms with Gasteiger partial charge in [-0.25, -0.2) is 4.98 Å². The number of H-pyrrole nitrogens is 1. The maximum Gasteiger partial charge on any atom is 0.271 e. The van der Waals surface area contributed by atoms with Crippen LogP contribution in [0.4, 0.5) is 5.69 Å². The molecule has 1 N–H and O–H groups in total. The monoisotopic (exact) mass is 324 g/mol. The van der Waals surface area contributed by atoms with E-state index in [-0.39, 0.29) is 17.2 Å². The molecule has 3 heterocycles. The van der Waals surface area contributed by atoms with E-state index >= 15 is 0 Å². The number of hydrogen-bond donors (Lipinski definition) is 1. The quantitative estimate of drug-likeness (QED) is 0.918. The number of rotatable bonds is 2. The van der Waals surface area contributed by atoms with Gasteiger partial charge in [0.25, 0.3) is 5.91 Å². The predicted molar refractivity (Wildman–Crippen MR) is 89.7 cm³/mol. The average Bonchev–Trinajstić information content (AvgIpc) is 3.29. The van der Waals surface area contributed by atoms with Crippen molar-refractivity contribution < 1.29 is 9.59 Å². The van der Waals surface area contributed by atoms with E-state index in [0.717, 1.165) is 12.1 Å². The summed E-state index contributed by atoms with van der Waals surface area (Å²) in [4.78, 5) is 35.5. The Morgan fingerprint density at radius 2 is 2.04 bits per heavy atom. The summed E-state index contributed by atoms with van der Waals surface area (Å²) >= 11 is 0. The fourth-order valence-corrected chi connectivity index (χ4v) is 3.78. The predicted octanol–water partition coefficient (Wildman–Crippen LogP) is 1.99. The maximum atomic E-state index is 12.5.